The van der Waals surface area contributed by atoms with Crippen LogP contribution in [-0.4, -0.2) is 15.1 Å². The zero-order valence-corrected chi connectivity index (χ0v) is 15.4. The van der Waals surface area contributed by atoms with Gasteiger partial charge < -0.3 is 0 Å². The number of thiocarbonyl (C=S) groups is 1. The molecule has 0 aromatic heterocycles. The molecule has 1 amide bonds. The van der Waals surface area contributed by atoms with E-state index in [0.717, 1.165) is 11.1 Å². The number of hydrogen-bond acceptors (Lipinski definition) is 3. The van der Waals surface area contributed by atoms with Gasteiger partial charge in [0, 0.05) is 0 Å². The van der Waals surface area contributed by atoms with E-state index < -0.39 is 0 Å². The zero-order valence-electron chi connectivity index (χ0n) is 13.7. The molecule has 24 heavy (non-hydrogen) atoms. The molecule has 0 N–H and O–H groups in total. The summed E-state index contributed by atoms with van der Waals surface area (Å²) in [5, 5.41) is 0. The monoisotopic (exact) mass is 353 g/mol. The lowest BCUT2D eigenvalue weighted by atomic mass is 10.0. The highest BCUT2D eigenvalue weighted by Crippen LogP contribution is 2.33. The summed E-state index contributed by atoms with van der Waals surface area (Å²) >= 11 is 6.77. The summed E-state index contributed by atoms with van der Waals surface area (Å²) < 4.78 is 0.619. The van der Waals surface area contributed by atoms with Gasteiger partial charge in [-0.05, 0) is 28.7 Å². The van der Waals surface area contributed by atoms with Gasteiger partial charge in [-0.2, -0.15) is 0 Å². The molecule has 122 valence electrons. The highest BCUT2D eigenvalue weighted by Gasteiger charge is 2.31. The Morgan fingerprint density at radius 2 is 1.75 bits per heavy atom. The number of nitrogens with zero attached hydrogens (tertiary/aromatic N) is 1. The van der Waals surface area contributed by atoms with Gasteiger partial charge in [0.25, 0.3) is 5.91 Å². The fraction of sp³-hybridized carbons (Fsp3) is 0.200. The molecule has 0 unspecified atom stereocenters. The first-order valence-corrected chi connectivity index (χ1v) is 9.16. The van der Waals surface area contributed by atoms with Gasteiger partial charge in [-0.15, -0.1) is 0 Å². The number of rotatable bonds is 4. The Balaban J connectivity index is 1.78. The highest BCUT2D eigenvalue weighted by molar-refractivity contribution is 8.26. The quantitative estimate of drug-likeness (QED) is 0.556. The number of amides is 1. The van der Waals surface area contributed by atoms with E-state index >= 15 is 0 Å². The van der Waals surface area contributed by atoms with Gasteiger partial charge in [0.2, 0.25) is 0 Å². The molecule has 1 heterocycles. The standard InChI is InChI=1S/C20H19NOS2/c1-14(2)17-10-8-15(9-11-17)12-18-19(22)21(20(23)24-18)13-16-6-4-3-5-7-16/h3-12,14H,13H2,1-2H3/b18-12+. The third kappa shape index (κ3) is 3.77. The maximum atomic E-state index is 12.6. The molecule has 3 rings (SSSR count). The van der Waals surface area contributed by atoms with Crippen LogP contribution < -0.4 is 0 Å². The van der Waals surface area contributed by atoms with Crippen molar-refractivity contribution in [3.63, 3.8) is 0 Å². The van der Waals surface area contributed by atoms with Gasteiger partial charge >= 0.3 is 0 Å². The zero-order chi connectivity index (χ0) is 17.1. The minimum absolute atomic E-state index is 0.0122. The molecule has 1 fully saturated rings. The van der Waals surface area contributed by atoms with Gasteiger partial charge in [0.05, 0.1) is 11.4 Å². The molecule has 0 atom stereocenters. The summed E-state index contributed by atoms with van der Waals surface area (Å²) in [6.45, 7) is 4.86. The van der Waals surface area contributed by atoms with Crippen molar-refractivity contribution in [1.82, 2.24) is 4.90 Å². The van der Waals surface area contributed by atoms with E-state index in [-0.39, 0.29) is 5.91 Å². The van der Waals surface area contributed by atoms with Crippen LogP contribution in [0.5, 0.6) is 0 Å². The molecule has 4 heteroatoms. The first-order chi connectivity index (χ1) is 11.5. The van der Waals surface area contributed by atoms with E-state index in [4.69, 9.17) is 12.2 Å². The van der Waals surface area contributed by atoms with Crippen molar-refractivity contribution in [2.45, 2.75) is 26.3 Å². The Bertz CT molecular complexity index is 779. The van der Waals surface area contributed by atoms with Gasteiger partial charge in [-0.25, -0.2) is 0 Å². The van der Waals surface area contributed by atoms with E-state index in [9.17, 15) is 4.79 Å². The van der Waals surface area contributed by atoms with Crippen LogP contribution in [-0.2, 0) is 11.3 Å². The van der Waals surface area contributed by atoms with Crippen LogP contribution in [0.25, 0.3) is 6.08 Å². The summed E-state index contributed by atoms with van der Waals surface area (Å²) in [5.41, 5.74) is 3.40. The van der Waals surface area contributed by atoms with Crippen molar-refractivity contribution in [1.29, 1.82) is 0 Å². The molecular formula is C20H19NOS2. The van der Waals surface area contributed by atoms with Crippen molar-refractivity contribution in [2.24, 2.45) is 0 Å². The van der Waals surface area contributed by atoms with E-state index in [1.165, 1.54) is 17.3 Å². The summed E-state index contributed by atoms with van der Waals surface area (Å²) in [6.07, 6.45) is 1.92. The molecule has 0 aliphatic carbocycles. The smallest absolute Gasteiger partial charge is 0.266 e. The van der Waals surface area contributed by atoms with Crippen LogP contribution in [0.2, 0.25) is 0 Å². The van der Waals surface area contributed by atoms with Crippen LogP contribution in [0, 0.1) is 0 Å². The topological polar surface area (TPSA) is 20.3 Å². The predicted octanol–water partition coefficient (Wildman–Crippen LogP) is 5.21. The fourth-order valence-corrected chi connectivity index (χ4v) is 3.79. The molecule has 1 aliphatic heterocycles. The Kier molecular flexibility index (Phi) is 5.17. The Morgan fingerprint density at radius 3 is 2.38 bits per heavy atom. The fourth-order valence-electron chi connectivity index (χ4n) is 2.53. The SMILES string of the molecule is CC(C)c1ccc(/C=C2/SC(=S)N(Cc3ccccc3)C2=O)cc1. The van der Waals surface area contributed by atoms with Crippen LogP contribution in [0.1, 0.15) is 36.5 Å². The van der Waals surface area contributed by atoms with Crippen molar-refractivity contribution in [3.05, 3.63) is 76.2 Å². The normalized spacial score (nSPS) is 16.5. The first kappa shape index (κ1) is 16.9. The van der Waals surface area contributed by atoms with Crippen LogP contribution in [0.3, 0.4) is 0 Å². The van der Waals surface area contributed by atoms with Crippen LogP contribution >= 0.6 is 24.0 Å². The molecule has 0 spiro atoms. The Labute approximate surface area is 152 Å². The molecule has 2 nitrogen and oxygen atoms in total. The van der Waals surface area contributed by atoms with E-state index in [1.54, 1.807) is 4.90 Å². The summed E-state index contributed by atoms with van der Waals surface area (Å²) in [6, 6.07) is 18.3. The van der Waals surface area contributed by atoms with Crippen LogP contribution in [0.15, 0.2) is 59.5 Å². The Hall–Kier alpha value is -1.91. The second-order valence-electron chi connectivity index (χ2n) is 6.07. The second-order valence-corrected chi connectivity index (χ2v) is 7.75. The maximum Gasteiger partial charge on any atom is 0.266 e. The number of thioether (sulfide) groups is 1. The number of carbonyl (C=O) groups is 1. The van der Waals surface area contributed by atoms with Gasteiger partial charge in [-0.1, -0.05) is 92.4 Å². The third-order valence-corrected chi connectivity index (χ3v) is 5.34. The Morgan fingerprint density at radius 1 is 1.08 bits per heavy atom. The highest BCUT2D eigenvalue weighted by atomic mass is 32.2. The number of benzene rings is 2. The van der Waals surface area contributed by atoms with Crippen molar-refractivity contribution < 1.29 is 4.79 Å². The van der Waals surface area contributed by atoms with E-state index in [2.05, 4.69) is 38.1 Å². The van der Waals surface area contributed by atoms with Crippen molar-refractivity contribution >= 4 is 40.3 Å². The van der Waals surface area contributed by atoms with Crippen LogP contribution in [0.4, 0.5) is 0 Å². The molecule has 1 saturated heterocycles. The molecule has 0 radical (unpaired) electrons. The summed E-state index contributed by atoms with van der Waals surface area (Å²) in [4.78, 5) is 15.0. The maximum absolute atomic E-state index is 12.6. The lowest BCUT2D eigenvalue weighted by molar-refractivity contribution is -0.122. The second kappa shape index (κ2) is 7.32. The van der Waals surface area contributed by atoms with E-state index in [1.807, 2.05) is 36.4 Å². The third-order valence-electron chi connectivity index (χ3n) is 3.96. The van der Waals surface area contributed by atoms with Gasteiger partial charge in [0.15, 0.2) is 0 Å². The molecule has 2 aromatic rings. The minimum atomic E-state index is -0.0122. The van der Waals surface area contributed by atoms with Crippen molar-refractivity contribution in [3.8, 4) is 0 Å². The van der Waals surface area contributed by atoms with Crippen molar-refractivity contribution in [2.75, 3.05) is 0 Å². The van der Waals surface area contributed by atoms with Gasteiger partial charge in [0.1, 0.15) is 4.32 Å². The lowest BCUT2D eigenvalue weighted by Crippen LogP contribution is -2.27. The largest absolute Gasteiger partial charge is 0.288 e. The minimum Gasteiger partial charge on any atom is -0.288 e. The average molecular weight is 354 g/mol. The first-order valence-electron chi connectivity index (χ1n) is 7.94. The van der Waals surface area contributed by atoms with E-state index in [0.29, 0.717) is 21.7 Å². The number of carbonyl (C=O) groups excluding carboxylic acids is 1. The molecule has 1 aliphatic rings. The molecule has 0 saturated carbocycles. The average Bonchev–Trinajstić information content (AvgIpc) is 2.84. The molecule has 2 aromatic carbocycles. The van der Waals surface area contributed by atoms with Gasteiger partial charge in [-0.3, -0.25) is 9.69 Å². The summed E-state index contributed by atoms with van der Waals surface area (Å²) in [7, 11) is 0. The number of hydrogen-bond donors (Lipinski definition) is 0. The molecule has 0 bridgehead atoms. The predicted molar refractivity (Wildman–Crippen MR) is 106 cm³/mol. The molecular weight excluding hydrogens is 334 g/mol. The summed E-state index contributed by atoms with van der Waals surface area (Å²) in [5.74, 6) is 0.491. The lowest BCUT2D eigenvalue weighted by Gasteiger charge is -2.14.